The van der Waals surface area contributed by atoms with Gasteiger partial charge in [0.25, 0.3) is 0 Å². The molecule has 0 radical (unpaired) electrons. The van der Waals surface area contributed by atoms with Crippen LogP contribution in [0.1, 0.15) is 44.9 Å². The summed E-state index contributed by atoms with van der Waals surface area (Å²) in [6, 6.07) is 4.36. The van der Waals surface area contributed by atoms with Gasteiger partial charge in [0.2, 0.25) is 0 Å². The number of nitrogens with zero attached hydrogens (tertiary/aromatic N) is 1. The summed E-state index contributed by atoms with van der Waals surface area (Å²) in [4.78, 5) is 2.27. The van der Waals surface area contributed by atoms with Crippen molar-refractivity contribution >= 4 is 0 Å². The van der Waals surface area contributed by atoms with Gasteiger partial charge in [-0.2, -0.15) is 0 Å². The van der Waals surface area contributed by atoms with Crippen molar-refractivity contribution in [2.45, 2.75) is 58.0 Å². The van der Waals surface area contributed by atoms with Crippen LogP contribution in [0.25, 0.3) is 0 Å². The van der Waals surface area contributed by atoms with E-state index in [0.29, 0.717) is 18.3 Å². The Labute approximate surface area is 157 Å². The highest BCUT2D eigenvalue weighted by molar-refractivity contribution is 5.50. The van der Waals surface area contributed by atoms with Gasteiger partial charge in [-0.3, -0.25) is 4.90 Å². The Morgan fingerprint density at radius 1 is 1.23 bits per heavy atom. The molecule has 0 fully saturated rings. The van der Waals surface area contributed by atoms with Gasteiger partial charge >= 0.3 is 0 Å². The van der Waals surface area contributed by atoms with E-state index < -0.39 is 6.10 Å². The molecule has 0 bridgehead atoms. The highest BCUT2D eigenvalue weighted by atomic mass is 16.5. The summed E-state index contributed by atoms with van der Waals surface area (Å²) >= 11 is 0. The summed E-state index contributed by atoms with van der Waals surface area (Å²) in [6.45, 7) is 10.0. The minimum Gasteiger partial charge on any atom is -0.493 e. The largest absolute Gasteiger partial charge is 0.493 e. The summed E-state index contributed by atoms with van der Waals surface area (Å²) in [6.07, 6.45) is -0.728. The van der Waals surface area contributed by atoms with Crippen LogP contribution in [0.2, 0.25) is 0 Å². The second-order valence-electron chi connectivity index (χ2n) is 7.85. The van der Waals surface area contributed by atoms with E-state index in [2.05, 4.69) is 45.0 Å². The van der Waals surface area contributed by atoms with Gasteiger partial charge in [-0.15, -0.1) is 0 Å². The Balaban J connectivity index is 2.26. The van der Waals surface area contributed by atoms with Crippen LogP contribution in [0, 0.1) is 0 Å². The number of likely N-dealkylation sites (N-methyl/N-ethyl adjacent to an activating group) is 1. The van der Waals surface area contributed by atoms with Crippen molar-refractivity contribution in [2.75, 3.05) is 34.4 Å². The molecule has 1 aromatic rings. The number of hydrogen-bond acceptors (Lipinski definition) is 6. The maximum atomic E-state index is 10.2. The fourth-order valence-corrected chi connectivity index (χ4v) is 3.29. The summed E-state index contributed by atoms with van der Waals surface area (Å²) in [5.41, 5.74) is 2.04. The van der Waals surface area contributed by atoms with Gasteiger partial charge in [-0.25, -0.2) is 0 Å². The SMILES string of the molecule is COc1cc2c(cc1OC)C(OCC(O)CNC(C)C)C(C)(C)N(C)C2. The molecule has 0 saturated carbocycles. The lowest BCUT2D eigenvalue weighted by molar-refractivity contribution is -0.0887. The van der Waals surface area contributed by atoms with Crippen LogP contribution in [0.4, 0.5) is 0 Å². The topological polar surface area (TPSA) is 63.2 Å². The van der Waals surface area contributed by atoms with Crippen molar-refractivity contribution < 1.29 is 19.3 Å². The monoisotopic (exact) mass is 366 g/mol. The molecule has 0 aromatic heterocycles. The Bertz CT molecular complexity index is 604. The Hall–Kier alpha value is -1.34. The molecule has 2 rings (SSSR count). The molecule has 148 valence electrons. The number of nitrogens with one attached hydrogen (secondary N) is 1. The number of aliphatic hydroxyl groups excluding tert-OH is 1. The number of rotatable bonds is 8. The molecular formula is C20H34N2O4. The summed E-state index contributed by atoms with van der Waals surface area (Å²) in [5.74, 6) is 1.42. The first-order valence-electron chi connectivity index (χ1n) is 9.19. The molecule has 0 aliphatic carbocycles. The lowest BCUT2D eigenvalue weighted by Crippen LogP contribution is -2.50. The highest BCUT2D eigenvalue weighted by Gasteiger charge is 2.41. The average molecular weight is 367 g/mol. The second-order valence-corrected chi connectivity index (χ2v) is 7.85. The maximum absolute atomic E-state index is 10.2. The highest BCUT2D eigenvalue weighted by Crippen LogP contribution is 2.44. The van der Waals surface area contributed by atoms with Crippen LogP contribution in [0.5, 0.6) is 11.5 Å². The molecule has 0 saturated heterocycles. The molecule has 1 aromatic carbocycles. The van der Waals surface area contributed by atoms with E-state index in [1.54, 1.807) is 14.2 Å². The van der Waals surface area contributed by atoms with E-state index in [-0.39, 0.29) is 18.2 Å². The summed E-state index contributed by atoms with van der Waals surface area (Å²) in [5, 5.41) is 13.5. The fourth-order valence-electron chi connectivity index (χ4n) is 3.29. The van der Waals surface area contributed by atoms with Crippen LogP contribution in [0.3, 0.4) is 0 Å². The molecule has 6 heteroatoms. The molecule has 1 aliphatic heterocycles. The van der Waals surface area contributed by atoms with Crippen molar-refractivity contribution in [3.63, 3.8) is 0 Å². The average Bonchev–Trinajstić information content (AvgIpc) is 2.59. The van der Waals surface area contributed by atoms with E-state index in [4.69, 9.17) is 14.2 Å². The van der Waals surface area contributed by atoms with Crippen molar-refractivity contribution in [1.29, 1.82) is 0 Å². The second kappa shape index (κ2) is 8.57. The number of ether oxygens (including phenoxy) is 3. The normalized spacial score (nSPS) is 20.7. The first kappa shape index (κ1) is 21.0. The van der Waals surface area contributed by atoms with E-state index >= 15 is 0 Å². The smallest absolute Gasteiger partial charge is 0.161 e. The molecule has 0 amide bonds. The van der Waals surface area contributed by atoms with Crippen LogP contribution >= 0.6 is 0 Å². The third kappa shape index (κ3) is 4.49. The molecule has 26 heavy (non-hydrogen) atoms. The Morgan fingerprint density at radius 2 is 1.85 bits per heavy atom. The van der Waals surface area contributed by atoms with Crippen LogP contribution in [-0.4, -0.2) is 62.1 Å². The number of fused-ring (bicyclic) bond motifs is 1. The number of benzene rings is 1. The summed E-state index contributed by atoms with van der Waals surface area (Å²) in [7, 11) is 5.38. The zero-order valence-corrected chi connectivity index (χ0v) is 17.1. The first-order valence-corrected chi connectivity index (χ1v) is 9.19. The molecule has 1 aliphatic rings. The van der Waals surface area contributed by atoms with E-state index in [9.17, 15) is 5.11 Å². The molecule has 2 N–H and O–H groups in total. The fraction of sp³-hybridized carbons (Fsp3) is 0.700. The van der Waals surface area contributed by atoms with Gasteiger partial charge in [0, 0.05) is 24.7 Å². The van der Waals surface area contributed by atoms with Crippen molar-refractivity contribution in [3.05, 3.63) is 23.3 Å². The quantitative estimate of drug-likeness (QED) is 0.736. The van der Waals surface area contributed by atoms with Gasteiger partial charge < -0.3 is 24.6 Å². The molecule has 2 unspecified atom stereocenters. The van der Waals surface area contributed by atoms with Crippen molar-refractivity contribution in [2.24, 2.45) is 0 Å². The van der Waals surface area contributed by atoms with Crippen molar-refractivity contribution in [1.82, 2.24) is 10.2 Å². The lowest BCUT2D eigenvalue weighted by Gasteiger charge is -2.47. The van der Waals surface area contributed by atoms with E-state index in [1.807, 2.05) is 12.1 Å². The van der Waals surface area contributed by atoms with Crippen LogP contribution in [-0.2, 0) is 11.3 Å². The van der Waals surface area contributed by atoms with E-state index in [1.165, 1.54) is 0 Å². The zero-order valence-electron chi connectivity index (χ0n) is 17.1. The van der Waals surface area contributed by atoms with Crippen LogP contribution < -0.4 is 14.8 Å². The molecule has 6 nitrogen and oxygen atoms in total. The third-order valence-electron chi connectivity index (χ3n) is 5.18. The third-order valence-corrected chi connectivity index (χ3v) is 5.18. The predicted molar refractivity (Wildman–Crippen MR) is 103 cm³/mol. The Kier molecular flexibility index (Phi) is 6.91. The van der Waals surface area contributed by atoms with Crippen LogP contribution in [0.15, 0.2) is 12.1 Å². The van der Waals surface area contributed by atoms with Gasteiger partial charge in [0.05, 0.1) is 26.9 Å². The first-order chi connectivity index (χ1) is 12.2. The van der Waals surface area contributed by atoms with Crippen molar-refractivity contribution in [3.8, 4) is 11.5 Å². The Morgan fingerprint density at radius 3 is 2.42 bits per heavy atom. The molecule has 2 atom stereocenters. The maximum Gasteiger partial charge on any atom is 0.161 e. The zero-order chi connectivity index (χ0) is 19.5. The minimum atomic E-state index is -0.552. The predicted octanol–water partition coefficient (Wildman–Crippen LogP) is 2.34. The van der Waals surface area contributed by atoms with Gasteiger partial charge in [-0.1, -0.05) is 13.8 Å². The van der Waals surface area contributed by atoms with Gasteiger partial charge in [0.1, 0.15) is 6.10 Å². The number of aliphatic hydroxyl groups is 1. The standard InChI is InChI=1S/C20H34N2O4/c1-13(2)21-10-15(23)12-26-19-16-9-18(25-7)17(24-6)8-14(16)11-22(5)20(19,3)4/h8-9,13,15,19,21,23H,10-12H2,1-7H3. The number of hydrogen-bond donors (Lipinski definition) is 2. The summed E-state index contributed by atoms with van der Waals surface area (Å²) < 4.78 is 17.2. The van der Waals surface area contributed by atoms with Gasteiger partial charge in [0.15, 0.2) is 11.5 Å². The molecule has 0 spiro atoms. The lowest BCUT2D eigenvalue weighted by atomic mass is 9.82. The molecular weight excluding hydrogens is 332 g/mol. The minimum absolute atomic E-state index is 0.176. The van der Waals surface area contributed by atoms with Gasteiger partial charge in [-0.05, 0) is 44.2 Å². The number of methoxy groups -OCH3 is 2. The molecule has 1 heterocycles. The van der Waals surface area contributed by atoms with E-state index in [0.717, 1.165) is 23.4 Å².